The molecular weight excluding hydrogens is 228 g/mol. The molecule has 0 saturated heterocycles. The number of aromatic hydroxyl groups is 1. The smallest absolute Gasteiger partial charge is 0.178 e. The van der Waals surface area contributed by atoms with Gasteiger partial charge in [0.2, 0.25) is 0 Å². The highest BCUT2D eigenvalue weighted by molar-refractivity contribution is 5.55. The molecular formula is C14H18N2O2. The lowest BCUT2D eigenvalue weighted by Gasteiger charge is -2.34. The van der Waals surface area contributed by atoms with Crippen LogP contribution < -0.4 is 10.5 Å². The van der Waals surface area contributed by atoms with Crippen LogP contribution in [0.25, 0.3) is 0 Å². The SMILES string of the molecule is COc1c(O)cc(C2(N)CCCCC2)cc1C#N. The average Bonchev–Trinajstić information content (AvgIpc) is 2.38. The van der Waals surface area contributed by atoms with Crippen molar-refractivity contribution in [1.29, 1.82) is 5.26 Å². The van der Waals surface area contributed by atoms with E-state index < -0.39 is 5.54 Å². The van der Waals surface area contributed by atoms with E-state index in [1.54, 1.807) is 12.1 Å². The number of nitriles is 1. The van der Waals surface area contributed by atoms with Crippen LogP contribution in [-0.2, 0) is 5.54 Å². The minimum absolute atomic E-state index is 0.0121. The van der Waals surface area contributed by atoms with Crippen LogP contribution in [0.15, 0.2) is 12.1 Å². The molecule has 0 unspecified atom stereocenters. The van der Waals surface area contributed by atoms with Crippen molar-refractivity contribution in [1.82, 2.24) is 0 Å². The van der Waals surface area contributed by atoms with Gasteiger partial charge in [0.25, 0.3) is 0 Å². The summed E-state index contributed by atoms with van der Waals surface area (Å²) in [7, 11) is 1.44. The Hall–Kier alpha value is -1.73. The first-order chi connectivity index (χ1) is 8.60. The molecule has 0 aliphatic heterocycles. The molecule has 1 aliphatic carbocycles. The highest BCUT2D eigenvalue weighted by Crippen LogP contribution is 2.40. The molecule has 0 heterocycles. The van der Waals surface area contributed by atoms with E-state index in [0.29, 0.717) is 5.56 Å². The molecule has 1 saturated carbocycles. The number of ether oxygens (including phenoxy) is 1. The Morgan fingerprint density at radius 1 is 1.33 bits per heavy atom. The number of nitrogens with two attached hydrogens (primary N) is 1. The maximum absolute atomic E-state index is 9.92. The maximum atomic E-state index is 9.92. The molecule has 1 fully saturated rings. The van der Waals surface area contributed by atoms with E-state index in [-0.39, 0.29) is 11.5 Å². The van der Waals surface area contributed by atoms with E-state index >= 15 is 0 Å². The third kappa shape index (κ3) is 2.14. The summed E-state index contributed by atoms with van der Waals surface area (Å²) in [5, 5.41) is 19.0. The fraction of sp³-hybridized carbons (Fsp3) is 0.500. The number of rotatable bonds is 2. The second kappa shape index (κ2) is 4.87. The standard InChI is InChI=1S/C14H18N2O2/c1-18-13-10(9-15)7-11(8-12(13)17)14(16)5-3-2-4-6-14/h7-8,17H,2-6,16H2,1H3. The van der Waals surface area contributed by atoms with E-state index in [1.165, 1.54) is 13.5 Å². The lowest BCUT2D eigenvalue weighted by atomic mass is 9.77. The van der Waals surface area contributed by atoms with Crippen LogP contribution in [0.4, 0.5) is 0 Å². The van der Waals surface area contributed by atoms with Gasteiger partial charge in [0.1, 0.15) is 6.07 Å². The first-order valence-electron chi connectivity index (χ1n) is 6.21. The van der Waals surface area contributed by atoms with Crippen molar-refractivity contribution in [3.05, 3.63) is 23.3 Å². The molecule has 4 heteroatoms. The van der Waals surface area contributed by atoms with Crippen molar-refractivity contribution in [3.8, 4) is 17.6 Å². The highest BCUT2D eigenvalue weighted by atomic mass is 16.5. The second-order valence-electron chi connectivity index (χ2n) is 4.90. The molecule has 0 atom stereocenters. The number of phenolic OH excluding ortho intramolecular Hbond substituents is 1. The summed E-state index contributed by atoms with van der Waals surface area (Å²) in [6.07, 6.45) is 5.16. The molecule has 3 N–H and O–H groups in total. The number of phenols is 1. The molecule has 0 spiro atoms. The Morgan fingerprint density at radius 3 is 2.56 bits per heavy atom. The van der Waals surface area contributed by atoms with Gasteiger partial charge in [-0.15, -0.1) is 0 Å². The summed E-state index contributed by atoms with van der Waals surface area (Å²) in [5.41, 5.74) is 7.15. The van der Waals surface area contributed by atoms with Crippen LogP contribution in [0.1, 0.15) is 43.2 Å². The fourth-order valence-corrected chi connectivity index (χ4v) is 2.67. The quantitative estimate of drug-likeness (QED) is 0.839. The molecule has 2 rings (SSSR count). The summed E-state index contributed by atoms with van der Waals surface area (Å²) < 4.78 is 5.03. The Kier molecular flexibility index (Phi) is 3.44. The van der Waals surface area contributed by atoms with Crippen molar-refractivity contribution < 1.29 is 9.84 Å². The minimum Gasteiger partial charge on any atom is -0.504 e. The Morgan fingerprint density at radius 2 is 2.00 bits per heavy atom. The number of hydrogen-bond donors (Lipinski definition) is 2. The van der Waals surface area contributed by atoms with E-state index in [1.807, 2.05) is 6.07 Å². The van der Waals surface area contributed by atoms with Crippen LogP contribution in [0, 0.1) is 11.3 Å². The summed E-state index contributed by atoms with van der Waals surface area (Å²) in [5.74, 6) is 0.211. The van der Waals surface area contributed by atoms with Gasteiger partial charge in [-0.1, -0.05) is 19.3 Å². The van der Waals surface area contributed by atoms with Crippen molar-refractivity contribution in [3.63, 3.8) is 0 Å². The summed E-state index contributed by atoms with van der Waals surface area (Å²) in [6.45, 7) is 0. The van der Waals surface area contributed by atoms with Gasteiger partial charge in [-0.25, -0.2) is 0 Å². The Labute approximate surface area is 107 Å². The lowest BCUT2D eigenvalue weighted by molar-refractivity contribution is 0.300. The predicted molar refractivity (Wildman–Crippen MR) is 68.3 cm³/mol. The first kappa shape index (κ1) is 12.7. The van der Waals surface area contributed by atoms with Gasteiger partial charge in [-0.3, -0.25) is 0 Å². The number of benzene rings is 1. The van der Waals surface area contributed by atoms with Crippen molar-refractivity contribution in [2.24, 2.45) is 5.73 Å². The largest absolute Gasteiger partial charge is 0.504 e. The van der Waals surface area contributed by atoms with E-state index in [2.05, 4.69) is 0 Å². The first-order valence-corrected chi connectivity index (χ1v) is 6.21. The van der Waals surface area contributed by atoms with Crippen molar-refractivity contribution >= 4 is 0 Å². The molecule has 0 bridgehead atoms. The third-order valence-corrected chi connectivity index (χ3v) is 3.71. The lowest BCUT2D eigenvalue weighted by Crippen LogP contribution is -2.38. The summed E-state index contributed by atoms with van der Waals surface area (Å²) >= 11 is 0. The summed E-state index contributed by atoms with van der Waals surface area (Å²) in [6, 6.07) is 5.41. The van der Waals surface area contributed by atoms with Gasteiger partial charge in [-0.2, -0.15) is 5.26 Å². The van der Waals surface area contributed by atoms with Crippen LogP contribution in [0.3, 0.4) is 0 Å². The molecule has 0 amide bonds. The van der Waals surface area contributed by atoms with Crippen molar-refractivity contribution in [2.75, 3.05) is 7.11 Å². The monoisotopic (exact) mass is 246 g/mol. The van der Waals surface area contributed by atoms with Crippen LogP contribution in [0.2, 0.25) is 0 Å². The molecule has 1 aromatic carbocycles. The van der Waals surface area contributed by atoms with E-state index in [0.717, 1.165) is 31.2 Å². The minimum atomic E-state index is -0.423. The van der Waals surface area contributed by atoms with Crippen LogP contribution in [0.5, 0.6) is 11.5 Å². The van der Waals surface area contributed by atoms with Gasteiger partial charge in [0.15, 0.2) is 11.5 Å². The van der Waals surface area contributed by atoms with Crippen LogP contribution in [-0.4, -0.2) is 12.2 Å². The highest BCUT2D eigenvalue weighted by Gasteiger charge is 2.31. The molecule has 4 nitrogen and oxygen atoms in total. The predicted octanol–water partition coefficient (Wildman–Crippen LogP) is 2.39. The van der Waals surface area contributed by atoms with Gasteiger partial charge < -0.3 is 15.6 Å². The average molecular weight is 246 g/mol. The van der Waals surface area contributed by atoms with E-state index in [4.69, 9.17) is 15.7 Å². The number of nitrogens with zero attached hydrogens (tertiary/aromatic N) is 1. The van der Waals surface area contributed by atoms with Gasteiger partial charge in [0, 0.05) is 5.54 Å². The zero-order chi connectivity index (χ0) is 13.2. The fourth-order valence-electron chi connectivity index (χ4n) is 2.67. The molecule has 1 aliphatic rings. The molecule has 18 heavy (non-hydrogen) atoms. The topological polar surface area (TPSA) is 79.3 Å². The molecule has 96 valence electrons. The van der Waals surface area contributed by atoms with Crippen LogP contribution >= 0.6 is 0 Å². The van der Waals surface area contributed by atoms with E-state index in [9.17, 15) is 5.11 Å². The molecule has 0 radical (unpaired) electrons. The van der Waals surface area contributed by atoms with Crippen molar-refractivity contribution in [2.45, 2.75) is 37.6 Å². The summed E-state index contributed by atoms with van der Waals surface area (Å²) in [4.78, 5) is 0. The number of methoxy groups -OCH3 is 1. The Bertz CT molecular complexity index is 485. The Balaban J connectivity index is 2.46. The number of hydrogen-bond acceptors (Lipinski definition) is 4. The zero-order valence-electron chi connectivity index (χ0n) is 10.6. The van der Waals surface area contributed by atoms with Gasteiger partial charge >= 0.3 is 0 Å². The molecule has 1 aromatic rings. The normalized spacial score (nSPS) is 18.1. The van der Waals surface area contributed by atoms with Gasteiger partial charge in [0.05, 0.1) is 12.7 Å². The third-order valence-electron chi connectivity index (χ3n) is 3.71. The second-order valence-corrected chi connectivity index (χ2v) is 4.90. The zero-order valence-corrected chi connectivity index (χ0v) is 10.6. The molecule has 0 aromatic heterocycles. The van der Waals surface area contributed by atoms with Gasteiger partial charge in [-0.05, 0) is 30.5 Å². The maximum Gasteiger partial charge on any atom is 0.178 e.